The van der Waals surface area contributed by atoms with E-state index in [1.54, 1.807) is 14.2 Å². The van der Waals surface area contributed by atoms with Crippen molar-refractivity contribution in [3.05, 3.63) is 21.7 Å². The van der Waals surface area contributed by atoms with Crippen molar-refractivity contribution in [1.29, 1.82) is 0 Å². The molecule has 0 aromatic heterocycles. The Hall–Kier alpha value is -0.740. The molecule has 0 radical (unpaired) electrons. The Labute approximate surface area is 123 Å². The van der Waals surface area contributed by atoms with E-state index in [0.717, 1.165) is 28.8 Å². The lowest BCUT2D eigenvalue weighted by Gasteiger charge is -2.32. The average molecular weight is 328 g/mol. The summed E-state index contributed by atoms with van der Waals surface area (Å²) in [4.78, 5) is 0. The number of ether oxygens (including phenoxy) is 2. The Morgan fingerprint density at radius 1 is 1.26 bits per heavy atom. The summed E-state index contributed by atoms with van der Waals surface area (Å²) in [7, 11) is 3.38. The van der Waals surface area contributed by atoms with E-state index in [-0.39, 0.29) is 5.41 Å². The highest BCUT2D eigenvalue weighted by Gasteiger charge is 2.39. The van der Waals surface area contributed by atoms with Crippen LogP contribution in [-0.4, -0.2) is 20.8 Å². The van der Waals surface area contributed by atoms with Gasteiger partial charge in [-0.15, -0.1) is 0 Å². The molecule has 0 bridgehead atoms. The standard InChI is InChI=1S/C15H22BrNO2/c1-10-11(16)8-12(18-2)14(19-3)13(10)15(9-17)6-4-5-7-15/h8H,4-7,9,17H2,1-3H3. The lowest BCUT2D eigenvalue weighted by atomic mass is 9.76. The van der Waals surface area contributed by atoms with Crippen LogP contribution in [0.25, 0.3) is 0 Å². The number of rotatable bonds is 4. The quantitative estimate of drug-likeness (QED) is 0.919. The molecule has 1 saturated carbocycles. The zero-order valence-corrected chi connectivity index (χ0v) is 13.5. The molecule has 4 heteroatoms. The van der Waals surface area contributed by atoms with E-state index < -0.39 is 0 Å². The van der Waals surface area contributed by atoms with E-state index in [4.69, 9.17) is 15.2 Å². The molecule has 2 N–H and O–H groups in total. The fraction of sp³-hybridized carbons (Fsp3) is 0.600. The molecule has 2 rings (SSSR count). The Bertz CT molecular complexity index is 468. The van der Waals surface area contributed by atoms with Crippen LogP contribution in [0.1, 0.15) is 36.8 Å². The van der Waals surface area contributed by atoms with Crippen LogP contribution in [0.2, 0.25) is 0 Å². The molecule has 0 saturated heterocycles. The summed E-state index contributed by atoms with van der Waals surface area (Å²) in [6.07, 6.45) is 4.71. The summed E-state index contributed by atoms with van der Waals surface area (Å²) in [6, 6.07) is 1.97. The summed E-state index contributed by atoms with van der Waals surface area (Å²) in [5, 5.41) is 0. The van der Waals surface area contributed by atoms with Gasteiger partial charge in [-0.05, 0) is 31.4 Å². The highest BCUT2D eigenvalue weighted by atomic mass is 79.9. The van der Waals surface area contributed by atoms with Crippen molar-refractivity contribution in [2.24, 2.45) is 5.73 Å². The maximum Gasteiger partial charge on any atom is 0.164 e. The van der Waals surface area contributed by atoms with Crippen molar-refractivity contribution in [1.82, 2.24) is 0 Å². The molecule has 1 aromatic rings. The summed E-state index contributed by atoms with van der Waals surface area (Å²) in [5.41, 5.74) is 8.59. The van der Waals surface area contributed by atoms with E-state index in [2.05, 4.69) is 22.9 Å². The first-order valence-corrected chi connectivity index (χ1v) is 7.50. The summed E-state index contributed by atoms with van der Waals surface area (Å²) in [6.45, 7) is 2.78. The van der Waals surface area contributed by atoms with Crippen LogP contribution in [-0.2, 0) is 5.41 Å². The Balaban J connectivity index is 2.69. The second-order valence-corrected chi connectivity index (χ2v) is 6.14. The van der Waals surface area contributed by atoms with Crippen LogP contribution in [0.4, 0.5) is 0 Å². The Morgan fingerprint density at radius 3 is 2.37 bits per heavy atom. The van der Waals surface area contributed by atoms with Gasteiger partial charge in [0.25, 0.3) is 0 Å². The predicted molar refractivity (Wildman–Crippen MR) is 81.2 cm³/mol. The highest BCUT2D eigenvalue weighted by Crippen LogP contribution is 2.50. The number of benzene rings is 1. The van der Waals surface area contributed by atoms with Crippen molar-refractivity contribution in [3.8, 4) is 11.5 Å². The van der Waals surface area contributed by atoms with Gasteiger partial charge in [0.2, 0.25) is 0 Å². The molecule has 3 nitrogen and oxygen atoms in total. The Morgan fingerprint density at radius 2 is 1.89 bits per heavy atom. The third-order valence-corrected chi connectivity index (χ3v) is 5.17. The fourth-order valence-corrected chi connectivity index (χ4v) is 3.71. The summed E-state index contributed by atoms with van der Waals surface area (Å²) >= 11 is 3.63. The molecule has 1 aliphatic rings. The van der Waals surface area contributed by atoms with Gasteiger partial charge in [0.05, 0.1) is 14.2 Å². The van der Waals surface area contributed by atoms with Crippen molar-refractivity contribution >= 4 is 15.9 Å². The van der Waals surface area contributed by atoms with Crippen molar-refractivity contribution in [3.63, 3.8) is 0 Å². The van der Waals surface area contributed by atoms with Gasteiger partial charge in [-0.3, -0.25) is 0 Å². The zero-order chi connectivity index (χ0) is 14.0. The van der Waals surface area contributed by atoms with Gasteiger partial charge in [0.15, 0.2) is 11.5 Å². The first-order valence-electron chi connectivity index (χ1n) is 6.71. The maximum atomic E-state index is 6.12. The van der Waals surface area contributed by atoms with E-state index >= 15 is 0 Å². The number of hydrogen-bond donors (Lipinski definition) is 1. The van der Waals surface area contributed by atoms with Gasteiger partial charge in [-0.1, -0.05) is 28.8 Å². The Kier molecular flexibility index (Phi) is 4.41. The predicted octanol–water partition coefficient (Wildman–Crippen LogP) is 3.55. The molecular formula is C15H22BrNO2. The minimum atomic E-state index is 0.0342. The molecule has 0 unspecified atom stereocenters. The molecule has 0 aliphatic heterocycles. The van der Waals surface area contributed by atoms with Crippen LogP contribution < -0.4 is 15.2 Å². The molecule has 0 heterocycles. The normalized spacial score (nSPS) is 17.5. The molecule has 0 amide bonds. The number of hydrogen-bond acceptors (Lipinski definition) is 3. The van der Waals surface area contributed by atoms with E-state index in [1.165, 1.54) is 24.0 Å². The molecule has 0 spiro atoms. The number of methoxy groups -OCH3 is 2. The van der Waals surface area contributed by atoms with Gasteiger partial charge < -0.3 is 15.2 Å². The number of halogens is 1. The largest absolute Gasteiger partial charge is 0.493 e. The van der Waals surface area contributed by atoms with E-state index in [1.807, 2.05) is 6.07 Å². The van der Waals surface area contributed by atoms with Crippen LogP contribution in [0.15, 0.2) is 10.5 Å². The van der Waals surface area contributed by atoms with Crippen LogP contribution >= 0.6 is 15.9 Å². The van der Waals surface area contributed by atoms with Gasteiger partial charge in [0.1, 0.15) is 0 Å². The second-order valence-electron chi connectivity index (χ2n) is 5.29. The molecule has 1 aliphatic carbocycles. The van der Waals surface area contributed by atoms with Crippen molar-refractivity contribution < 1.29 is 9.47 Å². The summed E-state index contributed by atoms with van der Waals surface area (Å²) < 4.78 is 12.2. The minimum Gasteiger partial charge on any atom is -0.493 e. The van der Waals surface area contributed by atoms with Crippen LogP contribution in [0.3, 0.4) is 0 Å². The monoisotopic (exact) mass is 327 g/mol. The first kappa shape index (κ1) is 14.7. The molecule has 1 fully saturated rings. The van der Waals surface area contributed by atoms with Gasteiger partial charge in [-0.25, -0.2) is 0 Å². The molecule has 0 atom stereocenters. The number of nitrogens with two attached hydrogens (primary N) is 1. The van der Waals surface area contributed by atoms with Crippen molar-refractivity contribution in [2.45, 2.75) is 38.0 Å². The topological polar surface area (TPSA) is 44.5 Å². The van der Waals surface area contributed by atoms with Crippen molar-refractivity contribution in [2.75, 3.05) is 20.8 Å². The van der Waals surface area contributed by atoms with Gasteiger partial charge in [-0.2, -0.15) is 0 Å². The summed E-state index contributed by atoms with van der Waals surface area (Å²) in [5.74, 6) is 1.62. The van der Waals surface area contributed by atoms with Gasteiger partial charge >= 0.3 is 0 Å². The highest BCUT2D eigenvalue weighted by molar-refractivity contribution is 9.10. The lowest BCUT2D eigenvalue weighted by molar-refractivity contribution is 0.335. The lowest BCUT2D eigenvalue weighted by Crippen LogP contribution is -2.33. The van der Waals surface area contributed by atoms with E-state index in [9.17, 15) is 0 Å². The third kappa shape index (κ3) is 2.36. The minimum absolute atomic E-state index is 0.0342. The average Bonchev–Trinajstić information content (AvgIpc) is 2.90. The molecule has 19 heavy (non-hydrogen) atoms. The van der Waals surface area contributed by atoms with Crippen LogP contribution in [0, 0.1) is 6.92 Å². The molecule has 106 valence electrons. The molecular weight excluding hydrogens is 306 g/mol. The van der Waals surface area contributed by atoms with Crippen LogP contribution in [0.5, 0.6) is 11.5 Å². The fourth-order valence-electron chi connectivity index (χ4n) is 3.30. The first-order chi connectivity index (χ1) is 9.09. The zero-order valence-electron chi connectivity index (χ0n) is 11.9. The SMILES string of the molecule is COc1cc(Br)c(C)c(C2(CN)CCCC2)c1OC. The second kappa shape index (κ2) is 5.71. The molecule has 1 aromatic carbocycles. The third-order valence-electron chi connectivity index (χ3n) is 4.35. The maximum absolute atomic E-state index is 6.12. The van der Waals surface area contributed by atoms with Gasteiger partial charge in [0, 0.05) is 22.0 Å². The smallest absolute Gasteiger partial charge is 0.164 e. The van der Waals surface area contributed by atoms with E-state index in [0.29, 0.717) is 6.54 Å².